The Balaban J connectivity index is -0.000000249. The minimum atomic E-state index is -0.125. The van der Waals surface area contributed by atoms with Crippen molar-refractivity contribution in [2.75, 3.05) is 52.7 Å². The first-order chi connectivity index (χ1) is 6.76. The van der Waals surface area contributed by atoms with Crippen LogP contribution in [0.2, 0.25) is 0 Å². The van der Waals surface area contributed by atoms with Crippen molar-refractivity contribution >= 4 is 0 Å². The summed E-state index contributed by atoms with van der Waals surface area (Å²) in [5, 5.41) is 40.7. The van der Waals surface area contributed by atoms with E-state index in [1.165, 1.54) is 0 Å². The highest BCUT2D eigenvalue weighted by atomic mass is 16.3. The summed E-state index contributed by atoms with van der Waals surface area (Å²) in [7, 11) is 0. The van der Waals surface area contributed by atoms with Crippen LogP contribution in [-0.2, 0) is 0 Å². The van der Waals surface area contributed by atoms with Gasteiger partial charge in [0.25, 0.3) is 0 Å². The molecule has 0 aromatic heterocycles. The van der Waals surface area contributed by atoms with Crippen LogP contribution in [0.15, 0.2) is 0 Å². The molecule has 0 radical (unpaired) electrons. The molecule has 0 aromatic rings. The molecule has 0 atom stereocenters. The Morgan fingerprint density at radius 3 is 0.933 bits per heavy atom. The standard InChI is InChI=1S/C6H15NO3.C2H6O2.H2O/c8-4-1-7(2-5-9)3-6-10;3-1-2-4;/h8-10H,1-6H2;3-4H,1-2H2;1H2. The number of hydrogen-bond acceptors (Lipinski definition) is 6. The average molecular weight is 229 g/mol. The number of aliphatic hydroxyl groups excluding tert-OH is 5. The molecule has 7 N–H and O–H groups in total. The van der Waals surface area contributed by atoms with E-state index in [-0.39, 0.29) is 38.5 Å². The second kappa shape index (κ2) is 19.3. The smallest absolute Gasteiger partial charge is 0.0662 e. The summed E-state index contributed by atoms with van der Waals surface area (Å²) in [5.74, 6) is 0. The van der Waals surface area contributed by atoms with Gasteiger partial charge < -0.3 is 31.0 Å². The third-order valence-corrected chi connectivity index (χ3v) is 1.35. The van der Waals surface area contributed by atoms with Crippen LogP contribution >= 0.6 is 0 Å². The van der Waals surface area contributed by atoms with E-state index in [2.05, 4.69) is 0 Å². The van der Waals surface area contributed by atoms with Crippen molar-refractivity contribution in [3.05, 3.63) is 0 Å². The molecular weight excluding hydrogens is 206 g/mol. The van der Waals surface area contributed by atoms with Crippen LogP contribution in [0.5, 0.6) is 0 Å². The van der Waals surface area contributed by atoms with Crippen LogP contribution < -0.4 is 0 Å². The van der Waals surface area contributed by atoms with Gasteiger partial charge in [-0.15, -0.1) is 0 Å². The molecule has 0 fully saturated rings. The second-order valence-electron chi connectivity index (χ2n) is 2.46. The maximum atomic E-state index is 8.48. The summed E-state index contributed by atoms with van der Waals surface area (Å²) < 4.78 is 0. The molecule has 0 saturated carbocycles. The molecule has 0 bridgehead atoms. The predicted octanol–water partition coefficient (Wildman–Crippen LogP) is -3.59. The van der Waals surface area contributed by atoms with Crippen LogP contribution in [0, 0.1) is 0 Å². The van der Waals surface area contributed by atoms with Crippen LogP contribution in [0.4, 0.5) is 0 Å². The molecule has 0 aliphatic carbocycles. The van der Waals surface area contributed by atoms with Gasteiger partial charge in [0, 0.05) is 19.6 Å². The summed E-state index contributed by atoms with van der Waals surface area (Å²) >= 11 is 0. The van der Waals surface area contributed by atoms with E-state index in [4.69, 9.17) is 25.5 Å². The van der Waals surface area contributed by atoms with Gasteiger partial charge in [-0.25, -0.2) is 0 Å². The quantitative estimate of drug-likeness (QED) is 0.306. The molecule has 0 spiro atoms. The fourth-order valence-corrected chi connectivity index (χ4v) is 0.760. The molecule has 96 valence electrons. The Morgan fingerprint density at radius 2 is 0.800 bits per heavy atom. The second-order valence-corrected chi connectivity index (χ2v) is 2.46. The topological polar surface area (TPSA) is 136 Å². The first-order valence-corrected chi connectivity index (χ1v) is 4.53. The van der Waals surface area contributed by atoms with E-state index in [0.29, 0.717) is 19.6 Å². The van der Waals surface area contributed by atoms with Gasteiger partial charge in [0.1, 0.15) is 0 Å². The maximum absolute atomic E-state index is 8.48. The zero-order chi connectivity index (χ0) is 11.2. The lowest BCUT2D eigenvalue weighted by Crippen LogP contribution is -2.32. The van der Waals surface area contributed by atoms with E-state index in [1.54, 1.807) is 4.90 Å². The Morgan fingerprint density at radius 1 is 0.533 bits per heavy atom. The molecule has 0 unspecified atom stereocenters. The maximum Gasteiger partial charge on any atom is 0.0662 e. The van der Waals surface area contributed by atoms with Crippen molar-refractivity contribution in [3.63, 3.8) is 0 Å². The highest BCUT2D eigenvalue weighted by molar-refractivity contribution is 4.54. The van der Waals surface area contributed by atoms with Gasteiger partial charge in [0.05, 0.1) is 33.0 Å². The third-order valence-electron chi connectivity index (χ3n) is 1.35. The molecule has 0 heterocycles. The lowest BCUT2D eigenvalue weighted by molar-refractivity contribution is 0.136. The van der Waals surface area contributed by atoms with Gasteiger partial charge in [-0.05, 0) is 0 Å². The van der Waals surface area contributed by atoms with Gasteiger partial charge in [0.2, 0.25) is 0 Å². The van der Waals surface area contributed by atoms with Crippen molar-refractivity contribution in [1.29, 1.82) is 0 Å². The summed E-state index contributed by atoms with van der Waals surface area (Å²) in [6.45, 7) is 1.50. The molecule has 0 saturated heterocycles. The molecule has 0 aliphatic rings. The van der Waals surface area contributed by atoms with Gasteiger partial charge in [0.15, 0.2) is 0 Å². The van der Waals surface area contributed by atoms with Crippen molar-refractivity contribution in [1.82, 2.24) is 4.90 Å². The monoisotopic (exact) mass is 229 g/mol. The number of aliphatic hydroxyl groups is 5. The minimum absolute atomic E-state index is 0. The molecule has 0 amide bonds. The van der Waals surface area contributed by atoms with Gasteiger partial charge in [-0.2, -0.15) is 0 Å². The van der Waals surface area contributed by atoms with Gasteiger partial charge >= 0.3 is 0 Å². The van der Waals surface area contributed by atoms with E-state index in [0.717, 1.165) is 0 Å². The van der Waals surface area contributed by atoms with Gasteiger partial charge in [-0.1, -0.05) is 0 Å². The molecule has 0 aromatic carbocycles. The minimum Gasteiger partial charge on any atom is -0.412 e. The lowest BCUT2D eigenvalue weighted by Gasteiger charge is -2.17. The molecule has 0 aliphatic heterocycles. The Labute approximate surface area is 89.5 Å². The first-order valence-electron chi connectivity index (χ1n) is 4.53. The highest BCUT2D eigenvalue weighted by Crippen LogP contribution is 1.84. The van der Waals surface area contributed by atoms with E-state index < -0.39 is 0 Å². The van der Waals surface area contributed by atoms with E-state index in [1.807, 2.05) is 0 Å². The SMILES string of the molecule is O.OCCN(CCO)CCO.OCCO. The number of rotatable bonds is 7. The third kappa shape index (κ3) is 19.9. The van der Waals surface area contributed by atoms with E-state index >= 15 is 0 Å². The zero-order valence-corrected chi connectivity index (χ0v) is 8.84. The summed E-state index contributed by atoms with van der Waals surface area (Å²) in [5.41, 5.74) is 0. The molecule has 7 nitrogen and oxygen atoms in total. The van der Waals surface area contributed by atoms with Gasteiger partial charge in [-0.3, -0.25) is 4.90 Å². The molecule has 0 rings (SSSR count). The van der Waals surface area contributed by atoms with Crippen LogP contribution in [0.3, 0.4) is 0 Å². The Hall–Kier alpha value is -0.280. The summed E-state index contributed by atoms with van der Waals surface area (Å²) in [6.07, 6.45) is 0. The van der Waals surface area contributed by atoms with Crippen molar-refractivity contribution in [2.45, 2.75) is 0 Å². The Kier molecular flexibility index (Phi) is 26.0. The normalized spacial score (nSPS) is 9.20. The molecule has 7 heteroatoms. The van der Waals surface area contributed by atoms with E-state index in [9.17, 15) is 0 Å². The largest absolute Gasteiger partial charge is 0.412 e. The van der Waals surface area contributed by atoms with Crippen LogP contribution in [0.25, 0.3) is 0 Å². The summed E-state index contributed by atoms with van der Waals surface area (Å²) in [6, 6.07) is 0. The van der Waals surface area contributed by atoms with Crippen LogP contribution in [-0.4, -0.2) is 88.6 Å². The zero-order valence-electron chi connectivity index (χ0n) is 8.84. The first kappa shape index (κ1) is 20.2. The lowest BCUT2D eigenvalue weighted by atomic mass is 10.4. The Bertz CT molecular complexity index is 78.9. The van der Waals surface area contributed by atoms with Crippen LogP contribution in [0.1, 0.15) is 0 Å². The average Bonchev–Trinajstić information content (AvgIpc) is 2.20. The fourth-order valence-electron chi connectivity index (χ4n) is 0.760. The van der Waals surface area contributed by atoms with Crippen molar-refractivity contribution in [3.8, 4) is 0 Å². The van der Waals surface area contributed by atoms with Crippen molar-refractivity contribution < 1.29 is 31.0 Å². The fraction of sp³-hybridized carbons (Fsp3) is 1.00. The van der Waals surface area contributed by atoms with Crippen molar-refractivity contribution in [2.24, 2.45) is 0 Å². The molecule has 15 heavy (non-hydrogen) atoms. The predicted molar refractivity (Wildman–Crippen MR) is 55.5 cm³/mol. The highest BCUT2D eigenvalue weighted by Gasteiger charge is 2.00. The number of nitrogens with zero attached hydrogens (tertiary/aromatic N) is 1. The number of hydrogen-bond donors (Lipinski definition) is 5. The molecular formula is C8H23NO6. The summed E-state index contributed by atoms with van der Waals surface area (Å²) in [4.78, 5) is 1.79.